The van der Waals surface area contributed by atoms with Crippen LogP contribution in [0.5, 0.6) is 0 Å². The molecule has 2 N–H and O–H groups in total. The van der Waals surface area contributed by atoms with Crippen LogP contribution >= 0.6 is 0 Å². The average molecular weight is 284 g/mol. The number of H-pyrrole nitrogens is 1. The van der Waals surface area contributed by atoms with Crippen LogP contribution in [0.15, 0.2) is 36.9 Å². The normalized spacial score (nSPS) is 20.9. The highest BCUT2D eigenvalue weighted by Gasteiger charge is 2.48. The van der Waals surface area contributed by atoms with Crippen molar-refractivity contribution in [3.63, 3.8) is 0 Å². The van der Waals surface area contributed by atoms with Gasteiger partial charge in [-0.05, 0) is 31.6 Å². The minimum atomic E-state index is -0.842. The fourth-order valence-corrected chi connectivity index (χ4v) is 2.56. The third-order valence-electron chi connectivity index (χ3n) is 4.05. The number of anilines is 1. The van der Waals surface area contributed by atoms with Crippen molar-refractivity contribution in [1.82, 2.24) is 15.1 Å². The van der Waals surface area contributed by atoms with Gasteiger partial charge in [0.2, 0.25) is 5.91 Å². The van der Waals surface area contributed by atoms with Crippen molar-refractivity contribution in [3.05, 3.63) is 36.9 Å². The maximum atomic E-state index is 12.5. The summed E-state index contributed by atoms with van der Waals surface area (Å²) in [4.78, 5) is 25.7. The Balaban J connectivity index is 1.83. The van der Waals surface area contributed by atoms with E-state index in [9.17, 15) is 9.59 Å². The van der Waals surface area contributed by atoms with E-state index in [0.717, 1.165) is 10.9 Å². The molecule has 6 heteroatoms. The summed E-state index contributed by atoms with van der Waals surface area (Å²) in [6.07, 6.45) is 1.86. The Hall–Kier alpha value is -2.63. The molecule has 1 fully saturated rings. The van der Waals surface area contributed by atoms with E-state index in [2.05, 4.69) is 22.1 Å². The molecule has 0 aliphatic carbocycles. The van der Waals surface area contributed by atoms with Crippen molar-refractivity contribution in [2.75, 3.05) is 11.9 Å². The van der Waals surface area contributed by atoms with Crippen LogP contribution in [0.1, 0.15) is 13.3 Å². The Labute approximate surface area is 121 Å². The van der Waals surface area contributed by atoms with Gasteiger partial charge in [-0.3, -0.25) is 14.7 Å². The second-order valence-electron chi connectivity index (χ2n) is 5.29. The maximum Gasteiger partial charge on any atom is 0.251 e. The van der Waals surface area contributed by atoms with Crippen LogP contribution in [0.25, 0.3) is 10.9 Å². The Kier molecular flexibility index (Phi) is 3.01. The number of aromatic nitrogens is 2. The molecule has 21 heavy (non-hydrogen) atoms. The second-order valence-corrected chi connectivity index (χ2v) is 5.29. The summed E-state index contributed by atoms with van der Waals surface area (Å²) >= 11 is 0. The number of carbonyl (C=O) groups excluding carboxylic acids is 2. The van der Waals surface area contributed by atoms with Crippen molar-refractivity contribution in [1.29, 1.82) is 0 Å². The van der Waals surface area contributed by atoms with Gasteiger partial charge in [-0.25, -0.2) is 0 Å². The highest BCUT2D eigenvalue weighted by Crippen LogP contribution is 2.32. The van der Waals surface area contributed by atoms with Gasteiger partial charge in [-0.15, -0.1) is 0 Å². The molecule has 6 nitrogen and oxygen atoms in total. The monoisotopic (exact) mass is 284 g/mol. The predicted molar refractivity (Wildman–Crippen MR) is 79.7 cm³/mol. The van der Waals surface area contributed by atoms with E-state index in [1.54, 1.807) is 6.92 Å². The number of nitrogens with zero attached hydrogens (tertiary/aromatic N) is 2. The van der Waals surface area contributed by atoms with Gasteiger partial charge < -0.3 is 10.2 Å². The van der Waals surface area contributed by atoms with Crippen molar-refractivity contribution in [3.8, 4) is 0 Å². The molecule has 0 saturated carbocycles. The van der Waals surface area contributed by atoms with E-state index in [1.807, 2.05) is 24.3 Å². The smallest absolute Gasteiger partial charge is 0.251 e. The summed E-state index contributed by atoms with van der Waals surface area (Å²) < 4.78 is 0. The summed E-state index contributed by atoms with van der Waals surface area (Å²) in [5.41, 5.74) is 0.0105. The van der Waals surface area contributed by atoms with Crippen LogP contribution in [0, 0.1) is 0 Å². The van der Waals surface area contributed by atoms with E-state index in [1.165, 1.54) is 11.0 Å². The van der Waals surface area contributed by atoms with E-state index in [4.69, 9.17) is 0 Å². The molecule has 1 atom stereocenters. The molecule has 1 aliphatic heterocycles. The van der Waals surface area contributed by atoms with Crippen molar-refractivity contribution < 1.29 is 9.59 Å². The standard InChI is InChI=1S/C15H16N4O2/c1-3-12(20)19-9-8-15(19,2)14(21)16-13-10-6-4-5-7-11(10)17-18-13/h3-7H,1,8-9H2,2H3,(H2,16,17,18,21). The average Bonchev–Trinajstić information content (AvgIpc) is 2.88. The van der Waals surface area contributed by atoms with Crippen molar-refractivity contribution >= 4 is 28.5 Å². The number of fused-ring (bicyclic) bond motifs is 1. The van der Waals surface area contributed by atoms with Crippen LogP contribution in [-0.2, 0) is 9.59 Å². The molecule has 1 unspecified atom stereocenters. The number of nitrogens with one attached hydrogen (secondary N) is 2. The summed E-state index contributed by atoms with van der Waals surface area (Å²) in [6.45, 7) is 5.78. The zero-order valence-corrected chi connectivity index (χ0v) is 11.7. The first-order valence-electron chi connectivity index (χ1n) is 6.75. The van der Waals surface area contributed by atoms with E-state index in [-0.39, 0.29) is 11.8 Å². The van der Waals surface area contributed by atoms with Crippen molar-refractivity contribution in [2.45, 2.75) is 18.9 Å². The fourth-order valence-electron chi connectivity index (χ4n) is 2.56. The van der Waals surface area contributed by atoms with Crippen LogP contribution in [0.4, 0.5) is 5.82 Å². The molecule has 0 radical (unpaired) electrons. The van der Waals surface area contributed by atoms with E-state index < -0.39 is 5.54 Å². The minimum absolute atomic E-state index is 0.231. The zero-order chi connectivity index (χ0) is 15.0. The third-order valence-corrected chi connectivity index (χ3v) is 4.05. The predicted octanol–water partition coefficient (Wildman–Crippen LogP) is 1.68. The fraction of sp³-hybridized carbons (Fsp3) is 0.267. The van der Waals surface area contributed by atoms with E-state index >= 15 is 0 Å². The number of carbonyl (C=O) groups is 2. The highest BCUT2D eigenvalue weighted by atomic mass is 16.2. The first-order valence-corrected chi connectivity index (χ1v) is 6.75. The van der Waals surface area contributed by atoms with Crippen LogP contribution in [0.2, 0.25) is 0 Å². The van der Waals surface area contributed by atoms with Gasteiger partial charge in [0.05, 0.1) is 5.52 Å². The second kappa shape index (κ2) is 4.73. The number of hydrogen-bond acceptors (Lipinski definition) is 3. The zero-order valence-electron chi connectivity index (χ0n) is 11.7. The minimum Gasteiger partial charge on any atom is -0.325 e. The van der Waals surface area contributed by atoms with Crippen LogP contribution in [0.3, 0.4) is 0 Å². The lowest BCUT2D eigenvalue weighted by Gasteiger charge is -2.48. The Morgan fingerprint density at radius 3 is 2.90 bits per heavy atom. The van der Waals surface area contributed by atoms with Gasteiger partial charge in [0.1, 0.15) is 5.54 Å². The molecule has 2 amide bonds. The number of amides is 2. The molecule has 108 valence electrons. The van der Waals surface area contributed by atoms with E-state index in [0.29, 0.717) is 18.8 Å². The summed E-state index contributed by atoms with van der Waals surface area (Å²) in [6, 6.07) is 7.54. The first kappa shape index (κ1) is 13.4. The van der Waals surface area contributed by atoms with Crippen LogP contribution < -0.4 is 5.32 Å². The van der Waals surface area contributed by atoms with Gasteiger partial charge in [-0.1, -0.05) is 18.7 Å². The van der Waals surface area contributed by atoms with Gasteiger partial charge in [0.15, 0.2) is 5.82 Å². The van der Waals surface area contributed by atoms with Gasteiger partial charge in [-0.2, -0.15) is 5.10 Å². The largest absolute Gasteiger partial charge is 0.325 e. The summed E-state index contributed by atoms with van der Waals surface area (Å²) in [5.74, 6) is 0.0155. The number of hydrogen-bond donors (Lipinski definition) is 2. The Morgan fingerprint density at radius 1 is 1.48 bits per heavy atom. The lowest BCUT2D eigenvalue weighted by atomic mass is 9.85. The molecule has 1 aliphatic rings. The van der Waals surface area contributed by atoms with Crippen molar-refractivity contribution in [2.24, 2.45) is 0 Å². The number of para-hydroxylation sites is 1. The maximum absolute atomic E-state index is 12.5. The van der Waals surface area contributed by atoms with Gasteiger partial charge in [0.25, 0.3) is 5.91 Å². The molecule has 3 rings (SSSR count). The molecule has 1 aromatic carbocycles. The number of rotatable bonds is 3. The Morgan fingerprint density at radius 2 is 2.24 bits per heavy atom. The summed E-state index contributed by atoms with van der Waals surface area (Å²) in [7, 11) is 0. The quantitative estimate of drug-likeness (QED) is 0.842. The molecule has 0 bridgehead atoms. The lowest BCUT2D eigenvalue weighted by Crippen LogP contribution is -2.65. The molecule has 2 aromatic rings. The molecule has 1 saturated heterocycles. The van der Waals surface area contributed by atoms with Crippen LogP contribution in [-0.4, -0.2) is 39.0 Å². The number of benzene rings is 1. The molecule has 0 spiro atoms. The lowest BCUT2D eigenvalue weighted by molar-refractivity contribution is -0.150. The molecule has 2 heterocycles. The third kappa shape index (κ3) is 1.99. The SMILES string of the molecule is C=CC(=O)N1CCC1(C)C(=O)Nc1n[nH]c2ccccc12. The number of aromatic amines is 1. The molecular weight excluding hydrogens is 268 g/mol. The number of likely N-dealkylation sites (tertiary alicyclic amines) is 1. The van der Waals surface area contributed by atoms with Gasteiger partial charge >= 0.3 is 0 Å². The molecular formula is C15H16N4O2. The summed E-state index contributed by atoms with van der Waals surface area (Å²) in [5, 5.41) is 10.6. The Bertz CT molecular complexity index is 736. The molecule has 1 aromatic heterocycles. The highest BCUT2D eigenvalue weighted by molar-refractivity contribution is 6.06. The van der Waals surface area contributed by atoms with Gasteiger partial charge in [0, 0.05) is 11.9 Å². The first-order chi connectivity index (χ1) is 10.1. The topological polar surface area (TPSA) is 78.1 Å².